The SMILES string of the molecule is CC.c1ccc(-c2ccc(-c3c4ccccc4c(-c4ccc(-c5ccccc5)cc4-c4ccccc4)c4cc5ccccc5cc34)c(-c3ccccc3)c2)cc1. The van der Waals surface area contributed by atoms with E-state index in [1.165, 1.54) is 99.1 Å². The lowest BCUT2D eigenvalue weighted by Crippen LogP contribution is -1.95. The van der Waals surface area contributed by atoms with Gasteiger partial charge >= 0.3 is 0 Å². The Morgan fingerprint density at radius 2 is 0.536 bits per heavy atom. The van der Waals surface area contributed by atoms with E-state index in [1.807, 2.05) is 13.8 Å². The molecule has 0 radical (unpaired) electrons. The van der Waals surface area contributed by atoms with E-state index >= 15 is 0 Å². The average Bonchev–Trinajstić information content (AvgIpc) is 3.29. The van der Waals surface area contributed by atoms with E-state index in [1.54, 1.807) is 0 Å². The van der Waals surface area contributed by atoms with E-state index in [0.29, 0.717) is 0 Å². The molecule has 0 bridgehead atoms. The smallest absolute Gasteiger partial charge is 0.00199 e. The summed E-state index contributed by atoms with van der Waals surface area (Å²) in [7, 11) is 0. The molecule has 0 saturated heterocycles. The minimum atomic E-state index is 1.20. The van der Waals surface area contributed by atoms with E-state index in [9.17, 15) is 0 Å². The molecule has 56 heavy (non-hydrogen) atoms. The molecule has 0 spiro atoms. The fourth-order valence-electron chi connectivity index (χ4n) is 8.30. The first kappa shape index (κ1) is 34.7. The molecule has 0 saturated carbocycles. The van der Waals surface area contributed by atoms with Crippen molar-refractivity contribution in [2.75, 3.05) is 0 Å². The van der Waals surface area contributed by atoms with Crippen LogP contribution in [0.3, 0.4) is 0 Å². The molecular formula is C56H42. The number of benzene rings is 10. The molecule has 0 atom stereocenters. The second-order valence-corrected chi connectivity index (χ2v) is 14.0. The van der Waals surface area contributed by atoms with Crippen molar-refractivity contribution in [2.24, 2.45) is 0 Å². The highest BCUT2D eigenvalue weighted by atomic mass is 14.2. The van der Waals surface area contributed by atoms with Crippen molar-refractivity contribution in [2.45, 2.75) is 13.8 Å². The lowest BCUT2D eigenvalue weighted by Gasteiger charge is -2.22. The van der Waals surface area contributed by atoms with E-state index in [2.05, 4.69) is 218 Å². The largest absolute Gasteiger partial charge is 0.0683 e. The normalized spacial score (nSPS) is 11.0. The van der Waals surface area contributed by atoms with Gasteiger partial charge in [-0.15, -0.1) is 0 Å². The third-order valence-electron chi connectivity index (χ3n) is 10.9. The maximum Gasteiger partial charge on any atom is -0.00199 e. The van der Waals surface area contributed by atoms with Gasteiger partial charge in [0.1, 0.15) is 0 Å². The van der Waals surface area contributed by atoms with E-state index in [-0.39, 0.29) is 0 Å². The molecule has 0 amide bonds. The Kier molecular flexibility index (Phi) is 9.54. The Bertz CT molecular complexity index is 2740. The van der Waals surface area contributed by atoms with Crippen LogP contribution in [0.25, 0.3) is 99.1 Å². The van der Waals surface area contributed by atoms with E-state index < -0.39 is 0 Å². The minimum absolute atomic E-state index is 1.20. The molecule has 266 valence electrons. The highest BCUT2D eigenvalue weighted by Crippen LogP contribution is 2.49. The van der Waals surface area contributed by atoms with Crippen molar-refractivity contribution in [3.05, 3.63) is 218 Å². The highest BCUT2D eigenvalue weighted by molar-refractivity contribution is 6.25. The van der Waals surface area contributed by atoms with Gasteiger partial charge in [-0.05, 0) is 123 Å². The van der Waals surface area contributed by atoms with Gasteiger partial charge in [0, 0.05) is 0 Å². The lowest BCUT2D eigenvalue weighted by atomic mass is 9.80. The average molecular weight is 715 g/mol. The van der Waals surface area contributed by atoms with E-state index in [4.69, 9.17) is 0 Å². The second kappa shape index (κ2) is 15.4. The Morgan fingerprint density at radius 3 is 0.911 bits per heavy atom. The Balaban J connectivity index is 0.00000202. The molecule has 10 rings (SSSR count). The first-order valence-electron chi connectivity index (χ1n) is 19.7. The maximum atomic E-state index is 2.43. The van der Waals surface area contributed by atoms with Crippen LogP contribution in [0.5, 0.6) is 0 Å². The fourth-order valence-corrected chi connectivity index (χ4v) is 8.30. The summed E-state index contributed by atoms with van der Waals surface area (Å²) in [5.41, 5.74) is 14.7. The van der Waals surface area contributed by atoms with Crippen LogP contribution >= 0.6 is 0 Å². The summed E-state index contributed by atoms with van der Waals surface area (Å²) in [4.78, 5) is 0. The van der Waals surface area contributed by atoms with Gasteiger partial charge < -0.3 is 0 Å². The molecule has 0 aliphatic carbocycles. The molecular weight excluding hydrogens is 673 g/mol. The van der Waals surface area contributed by atoms with Crippen LogP contribution in [0, 0.1) is 0 Å². The van der Waals surface area contributed by atoms with Gasteiger partial charge in [-0.25, -0.2) is 0 Å². The van der Waals surface area contributed by atoms with Crippen molar-refractivity contribution >= 4 is 32.3 Å². The predicted octanol–water partition coefficient (Wildman–Crippen LogP) is 16.2. The maximum absolute atomic E-state index is 2.43. The molecule has 0 heterocycles. The van der Waals surface area contributed by atoms with Crippen molar-refractivity contribution in [1.82, 2.24) is 0 Å². The van der Waals surface area contributed by atoms with E-state index in [0.717, 1.165) is 0 Å². The third-order valence-corrected chi connectivity index (χ3v) is 10.9. The molecule has 0 nitrogen and oxygen atoms in total. The fraction of sp³-hybridized carbons (Fsp3) is 0.0357. The molecule has 0 fully saturated rings. The number of hydrogen-bond acceptors (Lipinski definition) is 0. The standard InChI is InChI=1S/C54H36.C2H6/c1-5-17-37(18-6-1)43-29-31-47(49(33-43)39-21-9-3-10-22-39)53-45-27-15-16-28-46(45)54(52-36-42-26-14-13-25-41(42)35-51(52)53)48-32-30-44(38-19-7-2-8-20-38)34-50(48)40-23-11-4-12-24-40;1-2/h1-36H;1-2H3. The topological polar surface area (TPSA) is 0 Å². The van der Waals surface area contributed by atoms with Gasteiger partial charge in [0.05, 0.1) is 0 Å². The van der Waals surface area contributed by atoms with Gasteiger partial charge in [-0.2, -0.15) is 0 Å². The molecule has 0 unspecified atom stereocenters. The zero-order valence-corrected chi connectivity index (χ0v) is 31.8. The molecule has 0 aliphatic heterocycles. The predicted molar refractivity (Wildman–Crippen MR) is 243 cm³/mol. The van der Waals surface area contributed by atoms with Crippen LogP contribution in [0.15, 0.2) is 218 Å². The molecule has 10 aromatic carbocycles. The Morgan fingerprint density at radius 1 is 0.214 bits per heavy atom. The number of rotatable bonds is 6. The molecule has 0 heteroatoms. The van der Waals surface area contributed by atoms with Crippen molar-refractivity contribution < 1.29 is 0 Å². The van der Waals surface area contributed by atoms with Gasteiger partial charge in [0.15, 0.2) is 0 Å². The summed E-state index contributed by atoms with van der Waals surface area (Å²) in [6.45, 7) is 4.00. The summed E-state index contributed by atoms with van der Waals surface area (Å²) in [6, 6.07) is 79.9. The van der Waals surface area contributed by atoms with Gasteiger partial charge in [-0.1, -0.05) is 208 Å². The van der Waals surface area contributed by atoms with Crippen LogP contribution in [-0.4, -0.2) is 0 Å². The zero-order valence-electron chi connectivity index (χ0n) is 31.8. The highest BCUT2D eigenvalue weighted by Gasteiger charge is 2.22. The Hall–Kier alpha value is -7.02. The number of hydrogen-bond donors (Lipinski definition) is 0. The minimum Gasteiger partial charge on any atom is -0.0683 e. The molecule has 10 aromatic rings. The first-order chi connectivity index (χ1) is 27.8. The summed E-state index contributed by atoms with van der Waals surface area (Å²) >= 11 is 0. The summed E-state index contributed by atoms with van der Waals surface area (Å²) in [5, 5.41) is 7.45. The number of fused-ring (bicyclic) bond motifs is 3. The molecule has 0 N–H and O–H groups in total. The second-order valence-electron chi connectivity index (χ2n) is 14.0. The zero-order chi connectivity index (χ0) is 37.8. The van der Waals surface area contributed by atoms with Crippen molar-refractivity contribution in [3.63, 3.8) is 0 Å². The van der Waals surface area contributed by atoms with Gasteiger partial charge in [0.25, 0.3) is 0 Å². The quantitative estimate of drug-likeness (QED) is 0.150. The Labute approximate surface area is 330 Å². The monoisotopic (exact) mass is 714 g/mol. The lowest BCUT2D eigenvalue weighted by molar-refractivity contribution is 1.50. The third kappa shape index (κ3) is 6.36. The van der Waals surface area contributed by atoms with Gasteiger partial charge in [-0.3, -0.25) is 0 Å². The van der Waals surface area contributed by atoms with Crippen LogP contribution in [0.2, 0.25) is 0 Å². The first-order valence-corrected chi connectivity index (χ1v) is 19.7. The van der Waals surface area contributed by atoms with Crippen LogP contribution in [0.1, 0.15) is 13.8 Å². The van der Waals surface area contributed by atoms with Crippen molar-refractivity contribution in [1.29, 1.82) is 0 Å². The van der Waals surface area contributed by atoms with Crippen LogP contribution < -0.4 is 0 Å². The van der Waals surface area contributed by atoms with Crippen LogP contribution in [0.4, 0.5) is 0 Å². The van der Waals surface area contributed by atoms with Crippen molar-refractivity contribution in [3.8, 4) is 66.8 Å². The summed E-state index contributed by atoms with van der Waals surface area (Å²) in [6.07, 6.45) is 0. The van der Waals surface area contributed by atoms with Gasteiger partial charge in [0.2, 0.25) is 0 Å². The summed E-state index contributed by atoms with van der Waals surface area (Å²) in [5.74, 6) is 0. The summed E-state index contributed by atoms with van der Waals surface area (Å²) < 4.78 is 0. The molecule has 0 aliphatic rings. The molecule has 0 aromatic heterocycles. The van der Waals surface area contributed by atoms with Crippen LogP contribution in [-0.2, 0) is 0 Å².